The van der Waals surface area contributed by atoms with Gasteiger partial charge in [-0.2, -0.15) is 10.4 Å². The maximum Gasteiger partial charge on any atom is 0.413 e. The molecule has 0 fully saturated rings. The van der Waals surface area contributed by atoms with Gasteiger partial charge in [-0.1, -0.05) is 0 Å². The largest absolute Gasteiger partial charge is 0.413 e. The molecule has 29 heavy (non-hydrogen) atoms. The third kappa shape index (κ3) is 3.48. The summed E-state index contributed by atoms with van der Waals surface area (Å²) in [5, 5.41) is 17.3. The summed E-state index contributed by atoms with van der Waals surface area (Å²) in [6.07, 6.45) is 2.59. The van der Waals surface area contributed by atoms with E-state index in [-0.39, 0.29) is 5.75 Å². The zero-order chi connectivity index (χ0) is 20.8. The van der Waals surface area contributed by atoms with Gasteiger partial charge in [0.05, 0.1) is 23.3 Å². The van der Waals surface area contributed by atoms with Gasteiger partial charge in [0.15, 0.2) is 16.9 Å². The number of hydrogen-bond acceptors (Lipinski definition) is 6. The van der Waals surface area contributed by atoms with Crippen molar-refractivity contribution in [3.05, 3.63) is 36.2 Å². The second-order valence-corrected chi connectivity index (χ2v) is 7.69. The van der Waals surface area contributed by atoms with Crippen molar-refractivity contribution in [2.45, 2.75) is 26.3 Å². The molecule has 0 saturated heterocycles. The van der Waals surface area contributed by atoms with Gasteiger partial charge < -0.3 is 15.0 Å². The third-order valence-electron chi connectivity index (χ3n) is 4.25. The Balaban J connectivity index is 1.76. The summed E-state index contributed by atoms with van der Waals surface area (Å²) in [5.41, 5.74) is 3.05. The van der Waals surface area contributed by atoms with Crippen molar-refractivity contribution in [1.29, 1.82) is 5.26 Å². The minimum atomic E-state index is -0.571. The molecule has 1 amide bonds. The fourth-order valence-corrected chi connectivity index (χ4v) is 3.01. The summed E-state index contributed by atoms with van der Waals surface area (Å²) in [6.45, 7) is 5.60. The molecule has 0 spiro atoms. The van der Waals surface area contributed by atoms with Crippen LogP contribution in [0.2, 0.25) is 0 Å². The summed E-state index contributed by atoms with van der Waals surface area (Å²) < 4.78 is 7.11. The molecule has 0 unspecified atom stereocenters. The standard InChI is InChI=1S/C20H19N7O2/c1-20(2,3)25-19(28)29-15-10-23-18-17(15)24-13(9-22-18)16-12-6-5-11(8-21)7-14(12)27(4)26-16/h5-7,9-10H,1-4H3,(H,22,23)(H,25,28). The molecular weight excluding hydrogens is 370 g/mol. The zero-order valence-corrected chi connectivity index (χ0v) is 16.4. The highest BCUT2D eigenvalue weighted by Crippen LogP contribution is 2.30. The third-order valence-corrected chi connectivity index (χ3v) is 4.25. The Labute approximate surface area is 166 Å². The minimum absolute atomic E-state index is 0.281. The summed E-state index contributed by atoms with van der Waals surface area (Å²) >= 11 is 0. The van der Waals surface area contributed by atoms with Crippen molar-refractivity contribution in [3.63, 3.8) is 0 Å². The van der Waals surface area contributed by atoms with E-state index in [1.54, 1.807) is 36.3 Å². The lowest BCUT2D eigenvalue weighted by molar-refractivity contribution is 0.191. The molecule has 9 heteroatoms. The number of H-pyrrole nitrogens is 1. The van der Waals surface area contributed by atoms with E-state index >= 15 is 0 Å². The number of ether oxygens (including phenoxy) is 1. The van der Waals surface area contributed by atoms with E-state index in [4.69, 9.17) is 10.00 Å². The van der Waals surface area contributed by atoms with Crippen LogP contribution in [0.25, 0.3) is 33.5 Å². The molecule has 3 aromatic heterocycles. The van der Waals surface area contributed by atoms with Crippen LogP contribution in [0.15, 0.2) is 30.6 Å². The number of nitriles is 1. The maximum atomic E-state index is 12.1. The number of aromatic nitrogens is 5. The lowest BCUT2D eigenvalue weighted by Gasteiger charge is -2.19. The number of amides is 1. The molecule has 9 nitrogen and oxygen atoms in total. The molecule has 0 radical (unpaired) electrons. The first kappa shape index (κ1) is 18.4. The van der Waals surface area contributed by atoms with Crippen molar-refractivity contribution in [2.24, 2.45) is 7.05 Å². The topological polar surface area (TPSA) is 122 Å². The van der Waals surface area contributed by atoms with Gasteiger partial charge in [0.2, 0.25) is 0 Å². The predicted molar refractivity (Wildman–Crippen MR) is 107 cm³/mol. The summed E-state index contributed by atoms with van der Waals surface area (Å²) in [6, 6.07) is 7.49. The van der Waals surface area contributed by atoms with E-state index in [1.807, 2.05) is 26.8 Å². The first-order valence-corrected chi connectivity index (χ1v) is 8.96. The second kappa shape index (κ2) is 6.60. The SMILES string of the molecule is Cn1nc(-c2cnc3[nH]cc(OC(=O)NC(C)(C)C)c3n2)c2ccc(C#N)cc21. The van der Waals surface area contributed by atoms with Crippen LogP contribution in [-0.2, 0) is 7.05 Å². The molecule has 0 aliphatic rings. The summed E-state index contributed by atoms with van der Waals surface area (Å²) in [7, 11) is 1.81. The Morgan fingerprint density at radius 1 is 1.34 bits per heavy atom. The smallest absolute Gasteiger partial charge is 0.406 e. The van der Waals surface area contributed by atoms with Crippen molar-refractivity contribution in [1.82, 2.24) is 30.0 Å². The Bertz CT molecular complexity index is 1290. The van der Waals surface area contributed by atoms with Crippen LogP contribution >= 0.6 is 0 Å². The predicted octanol–water partition coefficient (Wildman–Crippen LogP) is 3.27. The molecule has 1 aromatic carbocycles. The van der Waals surface area contributed by atoms with Crippen LogP contribution in [0.1, 0.15) is 26.3 Å². The summed E-state index contributed by atoms with van der Waals surface area (Å²) in [5.74, 6) is 0.281. The second-order valence-electron chi connectivity index (χ2n) is 7.69. The number of carbonyl (C=O) groups excluding carboxylic acids is 1. The first-order valence-electron chi connectivity index (χ1n) is 8.96. The van der Waals surface area contributed by atoms with E-state index in [2.05, 4.69) is 31.4 Å². The highest BCUT2D eigenvalue weighted by Gasteiger charge is 2.19. The molecule has 4 rings (SSSR count). The molecule has 0 atom stereocenters. The average molecular weight is 389 g/mol. The lowest BCUT2D eigenvalue weighted by Crippen LogP contribution is -2.42. The fourth-order valence-electron chi connectivity index (χ4n) is 3.01. The van der Waals surface area contributed by atoms with Gasteiger partial charge in [0.25, 0.3) is 0 Å². The normalized spacial score (nSPS) is 11.6. The molecule has 0 bridgehead atoms. The number of fused-ring (bicyclic) bond motifs is 2. The summed E-state index contributed by atoms with van der Waals surface area (Å²) in [4.78, 5) is 24.1. The van der Waals surface area contributed by atoms with Crippen LogP contribution in [0.4, 0.5) is 4.79 Å². The van der Waals surface area contributed by atoms with Crippen molar-refractivity contribution < 1.29 is 9.53 Å². The molecule has 3 heterocycles. The van der Waals surface area contributed by atoms with E-state index < -0.39 is 11.6 Å². The Kier molecular flexibility index (Phi) is 4.19. The highest BCUT2D eigenvalue weighted by atomic mass is 16.6. The van der Waals surface area contributed by atoms with E-state index in [1.165, 1.54) is 0 Å². The van der Waals surface area contributed by atoms with Gasteiger partial charge in [-0.15, -0.1) is 0 Å². The molecule has 0 aliphatic heterocycles. The van der Waals surface area contributed by atoms with Crippen LogP contribution in [0.3, 0.4) is 0 Å². The number of carbonyl (C=O) groups is 1. The number of nitrogens with one attached hydrogen (secondary N) is 2. The quantitative estimate of drug-likeness (QED) is 0.543. The van der Waals surface area contributed by atoms with Crippen LogP contribution in [0, 0.1) is 11.3 Å². The fraction of sp³-hybridized carbons (Fsp3) is 0.250. The number of rotatable bonds is 2. The number of nitrogens with zero attached hydrogens (tertiary/aromatic N) is 5. The van der Waals surface area contributed by atoms with E-state index in [0.717, 1.165) is 10.9 Å². The van der Waals surface area contributed by atoms with Crippen LogP contribution in [-0.4, -0.2) is 36.4 Å². The van der Waals surface area contributed by atoms with Crippen molar-refractivity contribution in [3.8, 4) is 23.2 Å². The molecule has 4 aromatic rings. The number of aromatic amines is 1. The molecule has 0 aliphatic carbocycles. The minimum Gasteiger partial charge on any atom is -0.406 e. The van der Waals surface area contributed by atoms with Gasteiger partial charge in [-0.25, -0.2) is 14.8 Å². The van der Waals surface area contributed by atoms with Crippen LogP contribution in [0.5, 0.6) is 5.75 Å². The molecule has 146 valence electrons. The molecular formula is C20H19N7O2. The molecule has 0 saturated carbocycles. The Morgan fingerprint density at radius 2 is 2.14 bits per heavy atom. The van der Waals surface area contributed by atoms with Gasteiger partial charge in [-0.05, 0) is 39.0 Å². The van der Waals surface area contributed by atoms with Gasteiger partial charge in [-0.3, -0.25) is 4.68 Å². The van der Waals surface area contributed by atoms with Gasteiger partial charge in [0.1, 0.15) is 11.4 Å². The number of benzene rings is 1. The Morgan fingerprint density at radius 3 is 2.86 bits per heavy atom. The monoisotopic (exact) mass is 389 g/mol. The van der Waals surface area contributed by atoms with Crippen molar-refractivity contribution in [2.75, 3.05) is 0 Å². The van der Waals surface area contributed by atoms with Gasteiger partial charge >= 0.3 is 6.09 Å². The maximum absolute atomic E-state index is 12.1. The van der Waals surface area contributed by atoms with Crippen molar-refractivity contribution >= 4 is 28.2 Å². The first-order chi connectivity index (χ1) is 13.7. The lowest BCUT2D eigenvalue weighted by atomic mass is 10.1. The number of aryl methyl sites for hydroxylation is 1. The zero-order valence-electron chi connectivity index (χ0n) is 16.4. The van der Waals surface area contributed by atoms with Gasteiger partial charge in [0, 0.05) is 24.2 Å². The average Bonchev–Trinajstić information content (AvgIpc) is 3.20. The Hall–Kier alpha value is -3.93. The van der Waals surface area contributed by atoms with E-state index in [9.17, 15) is 4.79 Å². The van der Waals surface area contributed by atoms with E-state index in [0.29, 0.717) is 28.1 Å². The molecule has 2 N–H and O–H groups in total. The number of hydrogen-bond donors (Lipinski definition) is 2. The highest BCUT2D eigenvalue weighted by molar-refractivity contribution is 5.94. The van der Waals surface area contributed by atoms with Crippen LogP contribution < -0.4 is 10.1 Å².